The minimum Gasteiger partial charge on any atom is -0.435 e. The summed E-state index contributed by atoms with van der Waals surface area (Å²) in [4.78, 5) is 28.7. The van der Waals surface area contributed by atoms with Crippen molar-refractivity contribution in [2.45, 2.75) is 45.5 Å². The van der Waals surface area contributed by atoms with Crippen LogP contribution in [-0.4, -0.2) is 37.6 Å². The third-order valence-corrected chi connectivity index (χ3v) is 7.42. The van der Waals surface area contributed by atoms with Crippen LogP contribution in [0.3, 0.4) is 0 Å². The average Bonchev–Trinajstić information content (AvgIpc) is 3.22. The maximum atomic E-state index is 13.6. The van der Waals surface area contributed by atoms with Gasteiger partial charge in [-0.15, -0.1) is 0 Å². The number of halogens is 4. The van der Waals surface area contributed by atoms with Crippen LogP contribution in [0, 0.1) is 0 Å². The zero-order chi connectivity index (χ0) is 26.4. The number of fused-ring (bicyclic) bond motifs is 3. The monoisotopic (exact) mass is 546 g/mol. The maximum Gasteiger partial charge on any atom is 0.387 e. The van der Waals surface area contributed by atoms with Crippen molar-refractivity contribution < 1.29 is 18.3 Å². The molecule has 0 bridgehead atoms. The molecule has 0 unspecified atom stereocenters. The number of nitrogens with zero attached hydrogens (tertiary/aromatic N) is 4. The van der Waals surface area contributed by atoms with Gasteiger partial charge in [0.15, 0.2) is 0 Å². The van der Waals surface area contributed by atoms with E-state index < -0.39 is 6.61 Å². The minimum absolute atomic E-state index is 0.0412. The Hall–Kier alpha value is -3.43. The lowest BCUT2D eigenvalue weighted by atomic mass is 9.99. The van der Waals surface area contributed by atoms with Gasteiger partial charge in [-0.2, -0.15) is 13.9 Å². The summed E-state index contributed by atoms with van der Waals surface area (Å²) < 4.78 is 32.5. The lowest BCUT2D eigenvalue weighted by molar-refractivity contribution is -0.0498. The van der Waals surface area contributed by atoms with Crippen LogP contribution in [0.5, 0.6) is 5.75 Å². The Morgan fingerprint density at radius 1 is 1.11 bits per heavy atom. The highest BCUT2D eigenvalue weighted by Crippen LogP contribution is 2.29. The SMILES string of the molecule is C[C@@H]1Cc2nn3ccn([C@H](C)c4ccc(OC(F)F)cc4)c(=O)c3c2CN1C(=O)c1ccc(Cl)c(Cl)c1. The molecule has 2 aromatic heterocycles. The van der Waals surface area contributed by atoms with Crippen LogP contribution in [0.15, 0.2) is 59.7 Å². The Labute approximate surface area is 220 Å². The van der Waals surface area contributed by atoms with Crippen molar-refractivity contribution in [3.63, 3.8) is 0 Å². The van der Waals surface area contributed by atoms with Gasteiger partial charge in [-0.1, -0.05) is 35.3 Å². The van der Waals surface area contributed by atoms with Crippen molar-refractivity contribution >= 4 is 34.6 Å². The standard InChI is InChI=1S/C26H22Cl2F2N4O3/c1-14-11-22-19(13-33(14)24(35)17-5-8-20(27)21(28)12-17)23-25(36)32(9-10-34(23)31-22)15(2)16-3-6-18(7-4-16)37-26(29)30/h3-10,12,14-15,26H,11,13H2,1-2H3/t14-,15-/m1/s1. The molecule has 1 aliphatic rings. The number of hydrogen-bond donors (Lipinski definition) is 0. The smallest absolute Gasteiger partial charge is 0.387 e. The summed E-state index contributed by atoms with van der Waals surface area (Å²) in [5.74, 6) is -0.175. The van der Waals surface area contributed by atoms with Crippen LogP contribution < -0.4 is 10.3 Å². The van der Waals surface area contributed by atoms with E-state index in [9.17, 15) is 18.4 Å². The number of carbonyl (C=O) groups is 1. The van der Waals surface area contributed by atoms with Gasteiger partial charge in [-0.25, -0.2) is 4.52 Å². The molecule has 37 heavy (non-hydrogen) atoms. The molecule has 0 fully saturated rings. The molecule has 11 heteroatoms. The molecule has 0 N–H and O–H groups in total. The molecule has 5 rings (SSSR count). The largest absolute Gasteiger partial charge is 0.435 e. The first-order chi connectivity index (χ1) is 17.6. The molecule has 0 saturated heterocycles. The van der Waals surface area contributed by atoms with Crippen LogP contribution in [0.4, 0.5) is 8.78 Å². The van der Waals surface area contributed by atoms with E-state index in [1.165, 1.54) is 18.2 Å². The van der Waals surface area contributed by atoms with Crippen LogP contribution in [0.1, 0.15) is 47.1 Å². The highest BCUT2D eigenvalue weighted by Gasteiger charge is 2.32. The first-order valence-electron chi connectivity index (χ1n) is 11.6. The zero-order valence-electron chi connectivity index (χ0n) is 19.9. The highest BCUT2D eigenvalue weighted by molar-refractivity contribution is 6.42. The van der Waals surface area contributed by atoms with Gasteiger partial charge in [0.05, 0.1) is 28.3 Å². The van der Waals surface area contributed by atoms with Gasteiger partial charge in [-0.05, 0) is 49.7 Å². The predicted octanol–water partition coefficient (Wildman–Crippen LogP) is 5.60. The molecule has 0 spiro atoms. The molecule has 0 saturated carbocycles. The van der Waals surface area contributed by atoms with Gasteiger partial charge < -0.3 is 14.2 Å². The van der Waals surface area contributed by atoms with E-state index in [1.807, 2.05) is 13.8 Å². The molecule has 4 aromatic rings. The maximum absolute atomic E-state index is 13.6. The molecular weight excluding hydrogens is 525 g/mol. The summed E-state index contributed by atoms with van der Waals surface area (Å²) in [6.45, 7) is 1.08. The molecular formula is C26H22Cl2F2N4O3. The zero-order valence-corrected chi connectivity index (χ0v) is 21.4. The van der Waals surface area contributed by atoms with E-state index in [0.717, 1.165) is 11.3 Å². The van der Waals surface area contributed by atoms with Crippen molar-refractivity contribution in [1.29, 1.82) is 0 Å². The number of hydrogen-bond acceptors (Lipinski definition) is 4. The summed E-state index contributed by atoms with van der Waals surface area (Å²) in [6.07, 6.45) is 3.84. The lowest BCUT2D eigenvalue weighted by Crippen LogP contribution is -2.42. The van der Waals surface area contributed by atoms with Gasteiger partial charge in [0.1, 0.15) is 11.3 Å². The second kappa shape index (κ2) is 9.79. The number of rotatable bonds is 5. The Morgan fingerprint density at radius 3 is 2.51 bits per heavy atom. The number of alkyl halides is 2. The van der Waals surface area contributed by atoms with Crippen molar-refractivity contribution in [2.24, 2.45) is 0 Å². The molecule has 3 heterocycles. The lowest BCUT2D eigenvalue weighted by Gasteiger charge is -2.33. The van der Waals surface area contributed by atoms with Crippen LogP contribution in [0.2, 0.25) is 10.0 Å². The normalized spacial score (nSPS) is 16.2. The Kier molecular flexibility index (Phi) is 6.68. The molecule has 2 aromatic carbocycles. The van der Waals surface area contributed by atoms with Gasteiger partial charge in [0, 0.05) is 36.0 Å². The summed E-state index contributed by atoms with van der Waals surface area (Å²) >= 11 is 12.1. The fourth-order valence-electron chi connectivity index (χ4n) is 4.68. The van der Waals surface area contributed by atoms with Gasteiger partial charge in [-0.3, -0.25) is 9.59 Å². The average molecular weight is 547 g/mol. The summed E-state index contributed by atoms with van der Waals surface area (Å²) in [6, 6.07) is 10.4. The molecule has 0 radical (unpaired) electrons. The first kappa shape index (κ1) is 25.2. The van der Waals surface area contributed by atoms with E-state index in [2.05, 4.69) is 9.84 Å². The van der Waals surface area contributed by atoms with Crippen molar-refractivity contribution in [2.75, 3.05) is 0 Å². The third-order valence-electron chi connectivity index (χ3n) is 6.68. The van der Waals surface area contributed by atoms with Crippen molar-refractivity contribution in [3.8, 4) is 5.75 Å². The van der Waals surface area contributed by atoms with Crippen molar-refractivity contribution in [3.05, 3.63) is 97.6 Å². The van der Waals surface area contributed by atoms with Gasteiger partial charge in [0.25, 0.3) is 11.5 Å². The Bertz CT molecular complexity index is 1550. The summed E-state index contributed by atoms with van der Waals surface area (Å²) in [5, 5.41) is 5.26. The molecule has 1 amide bonds. The highest BCUT2D eigenvalue weighted by atomic mass is 35.5. The van der Waals surface area contributed by atoms with Gasteiger partial charge in [0.2, 0.25) is 0 Å². The second-order valence-electron chi connectivity index (χ2n) is 8.97. The quantitative estimate of drug-likeness (QED) is 0.326. The van der Waals surface area contributed by atoms with E-state index >= 15 is 0 Å². The second-order valence-corrected chi connectivity index (χ2v) is 9.78. The Morgan fingerprint density at radius 2 is 1.84 bits per heavy atom. The van der Waals surface area contributed by atoms with E-state index in [0.29, 0.717) is 33.1 Å². The number of carbonyl (C=O) groups excluding carboxylic acids is 1. The van der Waals surface area contributed by atoms with E-state index in [1.54, 1.807) is 50.6 Å². The molecule has 0 aliphatic carbocycles. The number of benzene rings is 2. The van der Waals surface area contributed by atoms with Gasteiger partial charge >= 0.3 is 6.61 Å². The topological polar surface area (TPSA) is 68.8 Å². The molecule has 192 valence electrons. The van der Waals surface area contributed by atoms with E-state index in [4.69, 9.17) is 23.2 Å². The fourth-order valence-corrected chi connectivity index (χ4v) is 4.98. The Balaban J connectivity index is 1.49. The number of amides is 1. The van der Waals surface area contributed by atoms with Crippen LogP contribution >= 0.6 is 23.2 Å². The fraction of sp³-hybridized carbons (Fsp3) is 0.269. The minimum atomic E-state index is -2.91. The van der Waals surface area contributed by atoms with Crippen molar-refractivity contribution in [1.82, 2.24) is 19.1 Å². The van der Waals surface area contributed by atoms with Crippen LogP contribution in [-0.2, 0) is 13.0 Å². The molecule has 7 nitrogen and oxygen atoms in total. The van der Waals surface area contributed by atoms with Crippen LogP contribution in [0.25, 0.3) is 5.52 Å². The first-order valence-corrected chi connectivity index (χ1v) is 12.3. The van der Waals surface area contributed by atoms with E-state index in [-0.39, 0.29) is 35.8 Å². The third kappa shape index (κ3) is 4.69. The number of aromatic nitrogens is 3. The molecule has 2 atom stereocenters. The number of ether oxygens (including phenoxy) is 1. The summed E-state index contributed by atoms with van der Waals surface area (Å²) in [5.41, 5.74) is 2.73. The predicted molar refractivity (Wildman–Crippen MR) is 136 cm³/mol. The summed E-state index contributed by atoms with van der Waals surface area (Å²) in [7, 11) is 0. The molecule has 1 aliphatic heterocycles.